The van der Waals surface area contributed by atoms with Crippen molar-refractivity contribution in [1.29, 1.82) is 0 Å². The standard InChI is InChI=1S/C30H41N5O9/c1-17(2)25(34-22(36)14-15-35-23(37)12-13-24(35)38)27(40)31-18(3)26(39)33-21-10-8-20(9-11-21)16-43-29(42)32-19(4)28(41)44-30(5,6)7/h8-13,17-19,25H,14-16H2,1-7H3,(H,31,40)(H,32,42)(H,33,39)(H,34,36)/t18-,19+,25-/m0/s1. The van der Waals surface area contributed by atoms with Crippen LogP contribution in [0.25, 0.3) is 0 Å². The number of carbonyl (C=O) groups excluding carboxylic acids is 7. The van der Waals surface area contributed by atoms with Gasteiger partial charge in [0.25, 0.3) is 11.8 Å². The summed E-state index contributed by atoms with van der Waals surface area (Å²) in [5.74, 6) is -3.52. The molecule has 0 saturated heterocycles. The fourth-order valence-electron chi connectivity index (χ4n) is 3.77. The average Bonchev–Trinajstić information content (AvgIpc) is 3.25. The van der Waals surface area contributed by atoms with E-state index in [9.17, 15) is 33.6 Å². The maximum absolute atomic E-state index is 12.9. The van der Waals surface area contributed by atoms with E-state index in [1.807, 2.05) is 0 Å². The summed E-state index contributed by atoms with van der Waals surface area (Å²) in [4.78, 5) is 86.3. The molecule has 1 aliphatic rings. The van der Waals surface area contributed by atoms with Crippen LogP contribution in [0.1, 0.15) is 60.5 Å². The second-order valence-corrected chi connectivity index (χ2v) is 11.6. The largest absolute Gasteiger partial charge is 0.458 e. The molecule has 0 saturated carbocycles. The first kappa shape index (κ1) is 35.4. The summed E-state index contributed by atoms with van der Waals surface area (Å²) in [6.45, 7) is 11.4. The highest BCUT2D eigenvalue weighted by Crippen LogP contribution is 2.12. The fourth-order valence-corrected chi connectivity index (χ4v) is 3.77. The minimum Gasteiger partial charge on any atom is -0.458 e. The fraction of sp³-hybridized carbons (Fsp3) is 0.500. The SMILES string of the molecule is CC(C)[C@H](NC(=O)CCN1C(=O)C=CC1=O)C(=O)N[C@@H](C)C(=O)Nc1ccc(COC(=O)N[C@H](C)C(=O)OC(C)(C)C)cc1. The van der Waals surface area contributed by atoms with E-state index in [0.29, 0.717) is 11.3 Å². The van der Waals surface area contributed by atoms with E-state index < -0.39 is 65.3 Å². The predicted molar refractivity (Wildman–Crippen MR) is 159 cm³/mol. The number of alkyl carbamates (subject to hydrolysis) is 1. The van der Waals surface area contributed by atoms with Gasteiger partial charge in [-0.1, -0.05) is 26.0 Å². The maximum atomic E-state index is 12.9. The van der Waals surface area contributed by atoms with E-state index in [-0.39, 0.29) is 25.5 Å². The molecule has 3 atom stereocenters. The van der Waals surface area contributed by atoms with Crippen molar-refractivity contribution in [2.24, 2.45) is 5.92 Å². The summed E-state index contributed by atoms with van der Waals surface area (Å²) in [5, 5.41) is 10.3. The van der Waals surface area contributed by atoms with Gasteiger partial charge in [-0.2, -0.15) is 0 Å². The van der Waals surface area contributed by atoms with Gasteiger partial charge >= 0.3 is 12.1 Å². The van der Waals surface area contributed by atoms with Crippen molar-refractivity contribution < 1.29 is 43.0 Å². The molecular weight excluding hydrogens is 574 g/mol. The maximum Gasteiger partial charge on any atom is 0.408 e. The molecule has 14 heteroatoms. The number of ether oxygens (including phenoxy) is 2. The molecule has 14 nitrogen and oxygen atoms in total. The van der Waals surface area contributed by atoms with Gasteiger partial charge in [0.2, 0.25) is 17.7 Å². The number of nitrogens with one attached hydrogen (secondary N) is 4. The summed E-state index contributed by atoms with van der Waals surface area (Å²) in [6, 6.07) is 3.64. The highest BCUT2D eigenvalue weighted by atomic mass is 16.6. The molecule has 0 bridgehead atoms. The van der Waals surface area contributed by atoms with Crippen molar-refractivity contribution in [3.8, 4) is 0 Å². The highest BCUT2D eigenvalue weighted by molar-refractivity contribution is 6.13. The Hall–Kier alpha value is -4.75. The van der Waals surface area contributed by atoms with Crippen LogP contribution in [0, 0.1) is 5.92 Å². The van der Waals surface area contributed by atoms with Crippen LogP contribution in [0.5, 0.6) is 0 Å². The summed E-state index contributed by atoms with van der Waals surface area (Å²) in [6.07, 6.45) is 1.27. The Labute approximate surface area is 256 Å². The summed E-state index contributed by atoms with van der Waals surface area (Å²) >= 11 is 0. The monoisotopic (exact) mass is 615 g/mol. The average molecular weight is 616 g/mol. The molecule has 1 aliphatic heterocycles. The van der Waals surface area contributed by atoms with Crippen LogP contribution in [0.2, 0.25) is 0 Å². The molecule has 0 spiro atoms. The van der Waals surface area contributed by atoms with Crippen LogP contribution in [-0.4, -0.2) is 76.8 Å². The number of esters is 1. The predicted octanol–water partition coefficient (Wildman–Crippen LogP) is 1.54. The molecular formula is C30H41N5O9. The lowest BCUT2D eigenvalue weighted by Crippen LogP contribution is -2.54. The second-order valence-electron chi connectivity index (χ2n) is 11.6. The van der Waals surface area contributed by atoms with Gasteiger partial charge in [-0.3, -0.25) is 28.9 Å². The number of nitrogens with zero attached hydrogens (tertiary/aromatic N) is 1. The van der Waals surface area contributed by atoms with Gasteiger partial charge in [0, 0.05) is 30.8 Å². The molecule has 0 fully saturated rings. The van der Waals surface area contributed by atoms with Gasteiger partial charge in [0.15, 0.2) is 0 Å². The Bertz CT molecular complexity index is 1270. The lowest BCUT2D eigenvalue weighted by atomic mass is 10.0. The first-order valence-electron chi connectivity index (χ1n) is 14.2. The van der Waals surface area contributed by atoms with Crippen LogP contribution >= 0.6 is 0 Å². The molecule has 1 aromatic rings. The molecule has 0 unspecified atom stereocenters. The summed E-state index contributed by atoms with van der Waals surface area (Å²) < 4.78 is 10.4. The first-order chi connectivity index (χ1) is 20.5. The molecule has 2 rings (SSSR count). The van der Waals surface area contributed by atoms with Crippen molar-refractivity contribution in [3.05, 3.63) is 42.0 Å². The molecule has 0 aromatic heterocycles. The van der Waals surface area contributed by atoms with Gasteiger partial charge in [-0.15, -0.1) is 0 Å². The lowest BCUT2D eigenvalue weighted by Gasteiger charge is -2.24. The number of carbonyl (C=O) groups is 7. The number of anilines is 1. The van der Waals surface area contributed by atoms with Crippen molar-refractivity contribution in [2.75, 3.05) is 11.9 Å². The first-order valence-corrected chi connectivity index (χ1v) is 14.2. The van der Waals surface area contributed by atoms with Crippen molar-refractivity contribution in [1.82, 2.24) is 20.9 Å². The van der Waals surface area contributed by atoms with Crippen molar-refractivity contribution in [2.45, 2.75) is 85.2 Å². The van der Waals surface area contributed by atoms with Crippen LogP contribution in [-0.2, 0) is 44.8 Å². The van der Waals surface area contributed by atoms with E-state index in [1.165, 1.54) is 13.8 Å². The summed E-state index contributed by atoms with van der Waals surface area (Å²) in [7, 11) is 0. The van der Waals surface area contributed by atoms with E-state index in [2.05, 4.69) is 21.3 Å². The zero-order valence-electron chi connectivity index (χ0n) is 26.0. The zero-order valence-corrected chi connectivity index (χ0v) is 26.0. The van der Waals surface area contributed by atoms with Crippen molar-refractivity contribution in [3.63, 3.8) is 0 Å². The molecule has 0 radical (unpaired) electrons. The molecule has 1 aromatic carbocycles. The molecule has 44 heavy (non-hydrogen) atoms. The number of hydrogen-bond donors (Lipinski definition) is 4. The summed E-state index contributed by atoms with van der Waals surface area (Å²) in [5.41, 5.74) is 0.359. The number of hydrogen-bond acceptors (Lipinski definition) is 9. The third kappa shape index (κ3) is 11.5. The van der Waals surface area contributed by atoms with E-state index in [4.69, 9.17) is 9.47 Å². The lowest BCUT2D eigenvalue weighted by molar-refractivity contribution is -0.156. The van der Waals surface area contributed by atoms with Crippen LogP contribution in [0.3, 0.4) is 0 Å². The number of benzene rings is 1. The molecule has 4 N–H and O–H groups in total. The Morgan fingerprint density at radius 2 is 1.41 bits per heavy atom. The quantitative estimate of drug-likeness (QED) is 0.188. The smallest absolute Gasteiger partial charge is 0.408 e. The second kappa shape index (κ2) is 15.6. The number of amides is 6. The van der Waals surface area contributed by atoms with Gasteiger partial charge in [0.05, 0.1) is 0 Å². The van der Waals surface area contributed by atoms with Crippen molar-refractivity contribution >= 4 is 47.3 Å². The number of imide groups is 1. The molecule has 0 aliphatic carbocycles. The normalized spacial score (nSPS) is 14.9. The third-order valence-corrected chi connectivity index (χ3v) is 6.17. The Morgan fingerprint density at radius 1 is 0.818 bits per heavy atom. The van der Waals surface area contributed by atoms with Crippen LogP contribution in [0.15, 0.2) is 36.4 Å². The van der Waals surface area contributed by atoms with Gasteiger partial charge in [-0.05, 0) is 58.2 Å². The van der Waals surface area contributed by atoms with E-state index in [0.717, 1.165) is 17.1 Å². The van der Waals surface area contributed by atoms with Crippen LogP contribution < -0.4 is 21.3 Å². The minimum absolute atomic E-state index is 0.0859. The van der Waals surface area contributed by atoms with Gasteiger partial charge in [0.1, 0.15) is 30.3 Å². The Kier molecular flexibility index (Phi) is 12.6. The van der Waals surface area contributed by atoms with Gasteiger partial charge in [-0.25, -0.2) is 9.59 Å². The van der Waals surface area contributed by atoms with Gasteiger partial charge < -0.3 is 30.7 Å². The number of rotatable bonds is 13. The zero-order chi connectivity index (χ0) is 33.2. The van der Waals surface area contributed by atoms with Crippen LogP contribution in [0.4, 0.5) is 10.5 Å². The third-order valence-electron chi connectivity index (χ3n) is 6.17. The molecule has 6 amide bonds. The van der Waals surface area contributed by atoms with E-state index >= 15 is 0 Å². The topological polar surface area (TPSA) is 189 Å². The minimum atomic E-state index is -0.954. The Morgan fingerprint density at radius 3 is 1.95 bits per heavy atom. The molecule has 1 heterocycles. The molecule has 240 valence electrons. The Balaban J connectivity index is 1.81. The van der Waals surface area contributed by atoms with E-state index in [1.54, 1.807) is 58.9 Å². The highest BCUT2D eigenvalue weighted by Gasteiger charge is 2.29.